The van der Waals surface area contributed by atoms with Crippen molar-refractivity contribution in [3.63, 3.8) is 0 Å². The van der Waals surface area contributed by atoms with Gasteiger partial charge in [-0.2, -0.15) is 0 Å². The van der Waals surface area contributed by atoms with Crippen molar-refractivity contribution in [3.8, 4) is 11.5 Å². The van der Waals surface area contributed by atoms with Crippen LogP contribution in [0.5, 0.6) is 11.5 Å². The molecule has 0 aliphatic heterocycles. The number of nitrogens with one attached hydrogen (secondary N) is 1. The molecule has 0 radical (unpaired) electrons. The summed E-state index contributed by atoms with van der Waals surface area (Å²) in [5, 5.41) is 0. The molecule has 5 nitrogen and oxygen atoms in total. The number of rotatable bonds is 6. The summed E-state index contributed by atoms with van der Waals surface area (Å²) in [5.74, 6) is 1.06. The number of benzene rings is 3. The summed E-state index contributed by atoms with van der Waals surface area (Å²) >= 11 is 0. The SMILES string of the molecule is Nc1cccc(CC(=O)ONc2ccc(Oc3ccccc3)cc2)c1. The highest BCUT2D eigenvalue weighted by Gasteiger charge is 2.06. The van der Waals surface area contributed by atoms with E-state index in [1.807, 2.05) is 36.4 Å². The Morgan fingerprint density at radius 3 is 2.32 bits per heavy atom. The fourth-order valence-electron chi connectivity index (χ4n) is 2.24. The molecule has 0 fully saturated rings. The van der Waals surface area contributed by atoms with Crippen LogP contribution in [0.2, 0.25) is 0 Å². The van der Waals surface area contributed by atoms with Gasteiger partial charge in [-0.15, -0.1) is 0 Å². The molecular weight excluding hydrogens is 316 g/mol. The summed E-state index contributed by atoms with van der Waals surface area (Å²) in [4.78, 5) is 16.9. The number of hydrogen-bond acceptors (Lipinski definition) is 5. The maximum Gasteiger partial charge on any atom is 0.336 e. The molecule has 0 atom stereocenters. The molecule has 0 unspecified atom stereocenters. The first-order valence-corrected chi connectivity index (χ1v) is 7.82. The lowest BCUT2D eigenvalue weighted by Gasteiger charge is -2.09. The molecule has 0 aliphatic rings. The molecule has 0 aliphatic carbocycles. The van der Waals surface area contributed by atoms with E-state index in [0.717, 1.165) is 11.3 Å². The van der Waals surface area contributed by atoms with Crippen LogP contribution in [0, 0.1) is 0 Å². The van der Waals surface area contributed by atoms with Crippen molar-refractivity contribution in [2.75, 3.05) is 11.2 Å². The van der Waals surface area contributed by atoms with E-state index in [1.165, 1.54) is 0 Å². The number of nitrogen functional groups attached to an aromatic ring is 1. The zero-order chi connectivity index (χ0) is 17.5. The molecule has 0 spiro atoms. The Kier molecular flexibility index (Phi) is 5.16. The van der Waals surface area contributed by atoms with E-state index in [4.69, 9.17) is 15.3 Å². The lowest BCUT2D eigenvalue weighted by atomic mass is 10.1. The fraction of sp³-hybridized carbons (Fsp3) is 0.0500. The Hall–Kier alpha value is -3.47. The zero-order valence-corrected chi connectivity index (χ0v) is 13.5. The van der Waals surface area contributed by atoms with E-state index in [1.54, 1.807) is 42.5 Å². The molecule has 3 aromatic rings. The van der Waals surface area contributed by atoms with Crippen LogP contribution in [-0.2, 0) is 16.1 Å². The zero-order valence-electron chi connectivity index (χ0n) is 13.5. The number of anilines is 2. The molecule has 0 bridgehead atoms. The van der Waals surface area contributed by atoms with Gasteiger partial charge in [-0.1, -0.05) is 30.3 Å². The van der Waals surface area contributed by atoms with Gasteiger partial charge in [-0.3, -0.25) is 0 Å². The van der Waals surface area contributed by atoms with Gasteiger partial charge in [0.25, 0.3) is 0 Å². The fourth-order valence-corrected chi connectivity index (χ4v) is 2.24. The normalized spacial score (nSPS) is 10.1. The Morgan fingerprint density at radius 1 is 0.880 bits per heavy atom. The van der Waals surface area contributed by atoms with Gasteiger partial charge in [0.1, 0.15) is 11.5 Å². The van der Waals surface area contributed by atoms with Crippen LogP contribution in [0.25, 0.3) is 0 Å². The molecular formula is C20H18N2O3. The summed E-state index contributed by atoms with van der Waals surface area (Å²) in [6.45, 7) is 0. The molecule has 126 valence electrons. The minimum absolute atomic E-state index is 0.146. The van der Waals surface area contributed by atoms with E-state index in [-0.39, 0.29) is 6.42 Å². The highest BCUT2D eigenvalue weighted by molar-refractivity contribution is 5.74. The van der Waals surface area contributed by atoms with Gasteiger partial charge < -0.3 is 15.3 Å². The Morgan fingerprint density at radius 2 is 1.60 bits per heavy atom. The number of carbonyl (C=O) groups is 1. The number of para-hydroxylation sites is 1. The first-order chi connectivity index (χ1) is 12.2. The van der Waals surface area contributed by atoms with Gasteiger partial charge >= 0.3 is 5.97 Å². The number of carbonyl (C=O) groups excluding carboxylic acids is 1. The van der Waals surface area contributed by atoms with Crippen LogP contribution in [-0.4, -0.2) is 5.97 Å². The molecule has 0 amide bonds. The average Bonchev–Trinajstić information content (AvgIpc) is 2.62. The van der Waals surface area contributed by atoms with Crippen LogP contribution in [0.1, 0.15) is 5.56 Å². The van der Waals surface area contributed by atoms with Gasteiger partial charge in [0.05, 0.1) is 12.1 Å². The van der Waals surface area contributed by atoms with Crippen molar-refractivity contribution in [1.82, 2.24) is 0 Å². The number of ether oxygens (including phenoxy) is 1. The summed E-state index contributed by atoms with van der Waals surface area (Å²) < 4.78 is 5.70. The predicted molar refractivity (Wildman–Crippen MR) is 97.2 cm³/mol. The monoisotopic (exact) mass is 334 g/mol. The van der Waals surface area contributed by atoms with Crippen molar-refractivity contribution >= 4 is 17.3 Å². The third kappa shape index (κ3) is 5.00. The maximum absolute atomic E-state index is 11.9. The topological polar surface area (TPSA) is 73.6 Å². The van der Waals surface area contributed by atoms with Gasteiger partial charge in [0.2, 0.25) is 0 Å². The van der Waals surface area contributed by atoms with Crippen molar-refractivity contribution in [2.45, 2.75) is 6.42 Å². The van der Waals surface area contributed by atoms with Gasteiger partial charge in [-0.25, -0.2) is 10.3 Å². The second-order valence-electron chi connectivity index (χ2n) is 5.44. The molecule has 0 aromatic heterocycles. The van der Waals surface area contributed by atoms with Crippen LogP contribution in [0.15, 0.2) is 78.9 Å². The van der Waals surface area contributed by atoms with Crippen LogP contribution in [0.3, 0.4) is 0 Å². The van der Waals surface area contributed by atoms with E-state index < -0.39 is 5.97 Å². The number of hydrogen-bond donors (Lipinski definition) is 2. The second kappa shape index (κ2) is 7.88. The van der Waals surface area contributed by atoms with Crippen molar-refractivity contribution in [3.05, 3.63) is 84.4 Å². The first-order valence-electron chi connectivity index (χ1n) is 7.82. The van der Waals surface area contributed by atoms with Gasteiger partial charge in [0, 0.05) is 5.69 Å². The molecule has 3 aromatic carbocycles. The van der Waals surface area contributed by atoms with E-state index in [9.17, 15) is 4.79 Å². The molecule has 3 N–H and O–H groups in total. The largest absolute Gasteiger partial charge is 0.457 e. The molecule has 0 heterocycles. The summed E-state index contributed by atoms with van der Waals surface area (Å²) in [5.41, 5.74) is 10.4. The minimum Gasteiger partial charge on any atom is -0.457 e. The van der Waals surface area contributed by atoms with Gasteiger partial charge in [0.15, 0.2) is 0 Å². The van der Waals surface area contributed by atoms with Crippen molar-refractivity contribution in [2.24, 2.45) is 0 Å². The van der Waals surface area contributed by atoms with E-state index in [0.29, 0.717) is 17.1 Å². The van der Waals surface area contributed by atoms with Crippen LogP contribution >= 0.6 is 0 Å². The summed E-state index contributed by atoms with van der Waals surface area (Å²) in [6, 6.07) is 23.8. The van der Waals surface area contributed by atoms with Crippen LogP contribution < -0.4 is 16.0 Å². The molecule has 0 saturated carbocycles. The summed E-state index contributed by atoms with van der Waals surface area (Å²) in [6.07, 6.45) is 0.146. The quantitative estimate of drug-likeness (QED) is 0.523. The highest BCUT2D eigenvalue weighted by Crippen LogP contribution is 2.22. The molecule has 5 heteroatoms. The standard InChI is InChI=1S/C20H18N2O3/c21-16-6-4-5-15(13-16)14-20(23)25-22-17-9-11-19(12-10-17)24-18-7-2-1-3-8-18/h1-13,22H,14,21H2. The Balaban J connectivity index is 1.50. The van der Waals surface area contributed by atoms with Crippen molar-refractivity contribution < 1.29 is 14.4 Å². The molecule has 0 saturated heterocycles. The van der Waals surface area contributed by atoms with E-state index in [2.05, 4.69) is 5.48 Å². The molecule has 3 rings (SSSR count). The minimum atomic E-state index is -0.393. The highest BCUT2D eigenvalue weighted by atomic mass is 16.7. The van der Waals surface area contributed by atoms with Gasteiger partial charge in [-0.05, 0) is 54.1 Å². The third-order valence-electron chi connectivity index (χ3n) is 3.42. The lowest BCUT2D eigenvalue weighted by Crippen LogP contribution is -2.13. The number of nitrogens with two attached hydrogens (primary N) is 1. The lowest BCUT2D eigenvalue weighted by molar-refractivity contribution is -0.139. The second-order valence-corrected chi connectivity index (χ2v) is 5.44. The van der Waals surface area contributed by atoms with E-state index >= 15 is 0 Å². The summed E-state index contributed by atoms with van der Waals surface area (Å²) in [7, 11) is 0. The Bertz CT molecular complexity index is 833. The average molecular weight is 334 g/mol. The van der Waals surface area contributed by atoms with Crippen molar-refractivity contribution in [1.29, 1.82) is 0 Å². The smallest absolute Gasteiger partial charge is 0.336 e. The Labute approximate surface area is 146 Å². The third-order valence-corrected chi connectivity index (χ3v) is 3.42. The van der Waals surface area contributed by atoms with Crippen LogP contribution in [0.4, 0.5) is 11.4 Å². The first kappa shape index (κ1) is 16.4. The molecule has 25 heavy (non-hydrogen) atoms. The predicted octanol–water partition coefficient (Wildman–Crippen LogP) is 4.17. The maximum atomic E-state index is 11.9.